The Morgan fingerprint density at radius 2 is 2.31 bits per heavy atom. The molecule has 0 fully saturated rings. The van der Waals surface area contributed by atoms with Crippen molar-refractivity contribution in [3.63, 3.8) is 0 Å². The van der Waals surface area contributed by atoms with E-state index in [0.29, 0.717) is 11.5 Å². The van der Waals surface area contributed by atoms with Gasteiger partial charge in [0.25, 0.3) is 0 Å². The molecule has 5 heteroatoms. The maximum absolute atomic E-state index is 11.3. The van der Waals surface area contributed by atoms with Crippen LogP contribution in [0.2, 0.25) is 0 Å². The van der Waals surface area contributed by atoms with E-state index in [0.717, 1.165) is 24.2 Å². The number of rotatable bonds is 4. The standard InChI is InChI=1S/C11H13ClN2O2/c1-14-9-3-2-8(7-13-5-4-12)6-10(9)16-11(14)15/h2-3,6,13H,4-5,7H2,1H3. The molecule has 0 aliphatic rings. The van der Waals surface area contributed by atoms with E-state index in [2.05, 4.69) is 5.32 Å². The Balaban J connectivity index is 2.27. The van der Waals surface area contributed by atoms with E-state index in [4.69, 9.17) is 16.0 Å². The van der Waals surface area contributed by atoms with Crippen LogP contribution in [-0.4, -0.2) is 17.0 Å². The van der Waals surface area contributed by atoms with Crippen LogP contribution in [0.25, 0.3) is 11.1 Å². The Morgan fingerprint density at radius 3 is 3.06 bits per heavy atom. The zero-order valence-corrected chi connectivity index (χ0v) is 9.75. The number of oxazole rings is 1. The summed E-state index contributed by atoms with van der Waals surface area (Å²) in [6, 6.07) is 5.73. The number of benzene rings is 1. The van der Waals surface area contributed by atoms with Gasteiger partial charge in [0.2, 0.25) is 0 Å². The smallest absolute Gasteiger partial charge is 0.408 e. The molecule has 1 aromatic heterocycles. The van der Waals surface area contributed by atoms with E-state index < -0.39 is 0 Å². The summed E-state index contributed by atoms with van der Waals surface area (Å²) in [4.78, 5) is 11.3. The molecule has 2 aromatic rings. The molecule has 1 N–H and O–H groups in total. The van der Waals surface area contributed by atoms with Gasteiger partial charge in [0.1, 0.15) is 0 Å². The molecule has 0 saturated carbocycles. The van der Waals surface area contributed by atoms with E-state index in [-0.39, 0.29) is 5.76 Å². The van der Waals surface area contributed by atoms with Crippen molar-refractivity contribution in [1.82, 2.24) is 9.88 Å². The Hall–Kier alpha value is -1.26. The zero-order chi connectivity index (χ0) is 11.5. The number of halogens is 1. The fourth-order valence-corrected chi connectivity index (χ4v) is 1.72. The van der Waals surface area contributed by atoms with Crippen molar-refractivity contribution in [2.24, 2.45) is 7.05 Å². The first-order chi connectivity index (χ1) is 7.72. The van der Waals surface area contributed by atoms with Crippen molar-refractivity contribution in [1.29, 1.82) is 0 Å². The first-order valence-corrected chi connectivity index (χ1v) is 5.61. The maximum atomic E-state index is 11.3. The lowest BCUT2D eigenvalue weighted by Gasteiger charge is -2.02. The highest BCUT2D eigenvalue weighted by Crippen LogP contribution is 2.13. The summed E-state index contributed by atoms with van der Waals surface area (Å²) in [6.45, 7) is 1.49. The zero-order valence-electron chi connectivity index (χ0n) is 9.00. The van der Waals surface area contributed by atoms with Gasteiger partial charge in [0, 0.05) is 26.0 Å². The Kier molecular flexibility index (Phi) is 3.31. The normalized spacial score (nSPS) is 11.1. The van der Waals surface area contributed by atoms with Crippen LogP contribution in [0, 0.1) is 0 Å². The van der Waals surface area contributed by atoms with Crippen LogP contribution >= 0.6 is 11.6 Å². The maximum Gasteiger partial charge on any atom is 0.419 e. The van der Waals surface area contributed by atoms with Gasteiger partial charge in [-0.05, 0) is 17.7 Å². The Morgan fingerprint density at radius 1 is 1.50 bits per heavy atom. The summed E-state index contributed by atoms with van der Waals surface area (Å²) < 4.78 is 6.59. The van der Waals surface area contributed by atoms with Crippen molar-refractivity contribution in [2.75, 3.05) is 12.4 Å². The quantitative estimate of drug-likeness (QED) is 0.650. The number of alkyl halides is 1. The van der Waals surface area contributed by atoms with E-state index >= 15 is 0 Å². The number of aryl methyl sites for hydroxylation is 1. The minimum atomic E-state index is -0.333. The van der Waals surface area contributed by atoms with Crippen LogP contribution in [0.1, 0.15) is 5.56 Å². The van der Waals surface area contributed by atoms with Gasteiger partial charge < -0.3 is 9.73 Å². The van der Waals surface area contributed by atoms with Crippen molar-refractivity contribution < 1.29 is 4.42 Å². The lowest BCUT2D eigenvalue weighted by Crippen LogP contribution is -2.15. The molecule has 86 valence electrons. The number of nitrogens with one attached hydrogen (secondary N) is 1. The third-order valence-corrected chi connectivity index (χ3v) is 2.65. The Bertz CT molecular complexity index is 544. The van der Waals surface area contributed by atoms with Crippen molar-refractivity contribution >= 4 is 22.7 Å². The predicted molar refractivity (Wildman–Crippen MR) is 63.9 cm³/mol. The number of nitrogens with zero attached hydrogens (tertiary/aromatic N) is 1. The highest BCUT2D eigenvalue weighted by atomic mass is 35.5. The van der Waals surface area contributed by atoms with Gasteiger partial charge in [-0.2, -0.15) is 0 Å². The van der Waals surface area contributed by atoms with Gasteiger partial charge in [-0.15, -0.1) is 11.6 Å². The summed E-state index contributed by atoms with van der Waals surface area (Å²) in [7, 11) is 1.69. The minimum Gasteiger partial charge on any atom is -0.408 e. The molecule has 0 amide bonds. The van der Waals surface area contributed by atoms with Crippen LogP contribution < -0.4 is 11.1 Å². The Labute approximate surface area is 97.8 Å². The fourth-order valence-electron chi connectivity index (χ4n) is 1.59. The first kappa shape index (κ1) is 11.2. The highest BCUT2D eigenvalue weighted by Gasteiger charge is 2.05. The molecule has 0 saturated heterocycles. The van der Waals surface area contributed by atoms with Crippen molar-refractivity contribution in [2.45, 2.75) is 6.54 Å². The summed E-state index contributed by atoms with van der Waals surface area (Å²) in [5.41, 5.74) is 2.51. The second kappa shape index (κ2) is 4.72. The van der Waals surface area contributed by atoms with Gasteiger partial charge in [0.15, 0.2) is 5.58 Å². The number of fused-ring (bicyclic) bond motifs is 1. The van der Waals surface area contributed by atoms with Gasteiger partial charge >= 0.3 is 5.76 Å². The molecule has 4 nitrogen and oxygen atoms in total. The molecule has 0 aliphatic carbocycles. The van der Waals surface area contributed by atoms with E-state index in [1.54, 1.807) is 7.05 Å². The molecule has 1 heterocycles. The lowest BCUT2D eigenvalue weighted by atomic mass is 10.2. The molecular weight excluding hydrogens is 228 g/mol. The summed E-state index contributed by atoms with van der Waals surface area (Å²) >= 11 is 5.56. The third-order valence-electron chi connectivity index (χ3n) is 2.46. The molecule has 2 rings (SSSR count). The topological polar surface area (TPSA) is 47.2 Å². The fraction of sp³-hybridized carbons (Fsp3) is 0.364. The summed E-state index contributed by atoms with van der Waals surface area (Å²) in [5.74, 6) is 0.253. The largest absolute Gasteiger partial charge is 0.419 e. The van der Waals surface area contributed by atoms with E-state index in [1.807, 2.05) is 18.2 Å². The summed E-state index contributed by atoms with van der Waals surface area (Å²) in [5, 5.41) is 3.18. The first-order valence-electron chi connectivity index (χ1n) is 5.07. The summed E-state index contributed by atoms with van der Waals surface area (Å²) in [6.07, 6.45) is 0. The van der Waals surface area contributed by atoms with E-state index in [1.165, 1.54) is 4.57 Å². The van der Waals surface area contributed by atoms with Gasteiger partial charge in [-0.3, -0.25) is 4.57 Å². The minimum absolute atomic E-state index is 0.333. The molecule has 0 radical (unpaired) electrons. The highest BCUT2D eigenvalue weighted by molar-refractivity contribution is 6.18. The number of hydrogen-bond donors (Lipinski definition) is 1. The SMILES string of the molecule is Cn1c(=O)oc2cc(CNCCCl)ccc21. The van der Waals surface area contributed by atoms with Crippen molar-refractivity contribution in [3.8, 4) is 0 Å². The predicted octanol–water partition coefficient (Wildman–Crippen LogP) is 1.46. The molecule has 0 bridgehead atoms. The third kappa shape index (κ3) is 2.13. The molecule has 0 spiro atoms. The number of aromatic nitrogens is 1. The van der Waals surface area contributed by atoms with Crippen LogP contribution in [0.4, 0.5) is 0 Å². The molecular formula is C11H13ClN2O2. The average molecular weight is 241 g/mol. The number of hydrogen-bond acceptors (Lipinski definition) is 3. The molecule has 1 aromatic carbocycles. The van der Waals surface area contributed by atoms with Crippen LogP contribution in [0.15, 0.2) is 27.4 Å². The second-order valence-electron chi connectivity index (χ2n) is 3.59. The lowest BCUT2D eigenvalue weighted by molar-refractivity contribution is 0.527. The van der Waals surface area contributed by atoms with Gasteiger partial charge in [-0.1, -0.05) is 6.07 Å². The second-order valence-corrected chi connectivity index (χ2v) is 3.97. The molecule has 0 unspecified atom stereocenters. The van der Waals surface area contributed by atoms with Crippen molar-refractivity contribution in [3.05, 3.63) is 34.3 Å². The monoisotopic (exact) mass is 240 g/mol. The average Bonchev–Trinajstić information content (AvgIpc) is 2.55. The van der Waals surface area contributed by atoms with Gasteiger partial charge in [0.05, 0.1) is 5.52 Å². The van der Waals surface area contributed by atoms with Crippen LogP contribution in [0.3, 0.4) is 0 Å². The molecule has 0 aliphatic heterocycles. The molecule has 0 atom stereocenters. The van der Waals surface area contributed by atoms with E-state index in [9.17, 15) is 4.79 Å². The van der Waals surface area contributed by atoms with Gasteiger partial charge in [-0.25, -0.2) is 4.79 Å². The molecule has 16 heavy (non-hydrogen) atoms. The van der Waals surface area contributed by atoms with Crippen LogP contribution in [0.5, 0.6) is 0 Å². The van der Waals surface area contributed by atoms with Crippen LogP contribution in [-0.2, 0) is 13.6 Å².